The Hall–Kier alpha value is -2.08. The molecule has 2 aliphatic rings. The van der Waals surface area contributed by atoms with Gasteiger partial charge in [0.15, 0.2) is 5.76 Å². The molecule has 25 heavy (non-hydrogen) atoms. The first-order valence-corrected chi connectivity index (χ1v) is 9.83. The molecule has 2 aliphatic heterocycles. The number of rotatable bonds is 3. The Morgan fingerprint density at radius 1 is 1.16 bits per heavy atom. The Balaban J connectivity index is 1.45. The third-order valence-corrected chi connectivity index (χ3v) is 5.96. The summed E-state index contributed by atoms with van der Waals surface area (Å²) in [5.74, 6) is 0.335. The average molecular weight is 358 g/mol. The van der Waals surface area contributed by atoms with Gasteiger partial charge in [-0.05, 0) is 60.2 Å². The molecule has 0 aliphatic carbocycles. The molecule has 0 saturated carbocycles. The van der Waals surface area contributed by atoms with E-state index in [1.165, 1.54) is 11.8 Å². The van der Waals surface area contributed by atoms with Crippen LogP contribution in [0.5, 0.6) is 0 Å². The van der Waals surface area contributed by atoms with Crippen LogP contribution in [0.2, 0.25) is 0 Å². The first-order valence-electron chi connectivity index (χ1n) is 8.89. The van der Waals surface area contributed by atoms with Crippen LogP contribution in [0, 0.1) is 5.92 Å². The van der Waals surface area contributed by atoms with Crippen molar-refractivity contribution in [3.8, 4) is 0 Å². The maximum atomic E-state index is 13.1. The van der Waals surface area contributed by atoms with Crippen molar-refractivity contribution < 1.29 is 14.0 Å². The van der Waals surface area contributed by atoms with E-state index >= 15 is 0 Å². The number of hydrogen-bond acceptors (Lipinski definition) is 4. The molecule has 5 nitrogen and oxygen atoms in total. The van der Waals surface area contributed by atoms with Gasteiger partial charge in [-0.3, -0.25) is 9.59 Å². The van der Waals surface area contributed by atoms with Gasteiger partial charge in [0, 0.05) is 19.6 Å². The van der Waals surface area contributed by atoms with Crippen molar-refractivity contribution in [2.75, 3.05) is 19.6 Å². The third-order valence-electron chi connectivity index (χ3n) is 5.25. The molecule has 2 saturated heterocycles. The minimum absolute atomic E-state index is 0.105. The van der Waals surface area contributed by atoms with Crippen molar-refractivity contribution in [1.29, 1.82) is 0 Å². The van der Waals surface area contributed by atoms with Crippen molar-refractivity contribution >= 4 is 23.2 Å². The predicted molar refractivity (Wildman–Crippen MR) is 95.3 cm³/mol. The van der Waals surface area contributed by atoms with Crippen molar-refractivity contribution in [2.24, 2.45) is 5.92 Å². The quantitative estimate of drug-likeness (QED) is 0.843. The monoisotopic (exact) mass is 358 g/mol. The van der Waals surface area contributed by atoms with Crippen LogP contribution in [0.3, 0.4) is 0 Å². The molecule has 2 amide bonds. The van der Waals surface area contributed by atoms with Gasteiger partial charge >= 0.3 is 0 Å². The predicted octanol–water partition coefficient (Wildman–Crippen LogP) is 3.56. The second-order valence-corrected chi connectivity index (χ2v) is 7.59. The first-order chi connectivity index (χ1) is 12.2. The Morgan fingerprint density at radius 3 is 2.80 bits per heavy atom. The molecule has 0 radical (unpaired) electrons. The van der Waals surface area contributed by atoms with Crippen LogP contribution in [-0.4, -0.2) is 41.2 Å². The zero-order valence-electron chi connectivity index (χ0n) is 14.1. The van der Waals surface area contributed by atoms with Crippen LogP contribution < -0.4 is 0 Å². The van der Waals surface area contributed by atoms with Crippen LogP contribution in [-0.2, 0) is 4.79 Å². The highest BCUT2D eigenvalue weighted by Crippen LogP contribution is 2.35. The summed E-state index contributed by atoms with van der Waals surface area (Å²) in [5.41, 5.74) is 1.25. The number of amides is 2. The Labute approximate surface area is 151 Å². The van der Waals surface area contributed by atoms with Gasteiger partial charge < -0.3 is 14.2 Å². The SMILES string of the molecule is O=C(c1ccco1)N1CCC[C@@H](C(=O)N2CCC[C@H]2c2ccsc2)C1. The zero-order valence-corrected chi connectivity index (χ0v) is 14.9. The third kappa shape index (κ3) is 3.23. The van der Waals surface area contributed by atoms with Crippen molar-refractivity contribution in [1.82, 2.24) is 9.80 Å². The van der Waals surface area contributed by atoms with Gasteiger partial charge in [0.25, 0.3) is 5.91 Å². The minimum Gasteiger partial charge on any atom is -0.459 e. The lowest BCUT2D eigenvalue weighted by atomic mass is 9.95. The summed E-state index contributed by atoms with van der Waals surface area (Å²) < 4.78 is 5.22. The summed E-state index contributed by atoms with van der Waals surface area (Å²) in [6.45, 7) is 2.00. The molecule has 0 spiro atoms. The van der Waals surface area contributed by atoms with Crippen molar-refractivity contribution in [3.63, 3.8) is 0 Å². The number of likely N-dealkylation sites (tertiary alicyclic amines) is 2. The van der Waals surface area contributed by atoms with E-state index in [9.17, 15) is 9.59 Å². The summed E-state index contributed by atoms with van der Waals surface area (Å²) in [4.78, 5) is 29.4. The summed E-state index contributed by atoms with van der Waals surface area (Å²) in [6, 6.07) is 5.72. The van der Waals surface area contributed by atoms with E-state index < -0.39 is 0 Å². The Bertz CT molecular complexity index is 726. The van der Waals surface area contributed by atoms with Gasteiger partial charge in [-0.1, -0.05) is 0 Å². The molecule has 0 bridgehead atoms. The maximum Gasteiger partial charge on any atom is 0.289 e. The smallest absolute Gasteiger partial charge is 0.289 e. The lowest BCUT2D eigenvalue weighted by Gasteiger charge is -2.35. The molecular formula is C19H22N2O3S. The van der Waals surface area contributed by atoms with E-state index in [1.54, 1.807) is 28.4 Å². The van der Waals surface area contributed by atoms with E-state index in [2.05, 4.69) is 16.8 Å². The molecule has 2 aromatic rings. The highest BCUT2D eigenvalue weighted by molar-refractivity contribution is 7.08. The first kappa shape index (κ1) is 16.4. The molecule has 0 N–H and O–H groups in total. The molecule has 0 unspecified atom stereocenters. The molecule has 2 atom stereocenters. The molecule has 2 aromatic heterocycles. The van der Waals surface area contributed by atoms with Crippen LogP contribution >= 0.6 is 11.3 Å². The van der Waals surface area contributed by atoms with Gasteiger partial charge in [0.2, 0.25) is 5.91 Å². The normalized spacial score (nSPS) is 23.8. The van der Waals surface area contributed by atoms with Gasteiger partial charge in [-0.15, -0.1) is 0 Å². The number of carbonyl (C=O) groups excluding carboxylic acids is 2. The van der Waals surface area contributed by atoms with Crippen LogP contribution in [0.4, 0.5) is 0 Å². The number of piperidine rings is 1. The van der Waals surface area contributed by atoms with E-state index in [0.29, 0.717) is 18.8 Å². The molecule has 4 heterocycles. The zero-order chi connectivity index (χ0) is 17.2. The van der Waals surface area contributed by atoms with Crippen LogP contribution in [0.25, 0.3) is 0 Å². The maximum absolute atomic E-state index is 13.1. The molecule has 132 valence electrons. The number of nitrogens with zero attached hydrogens (tertiary/aromatic N) is 2. The van der Waals surface area contributed by atoms with E-state index in [4.69, 9.17) is 4.42 Å². The highest BCUT2D eigenvalue weighted by Gasteiger charge is 2.37. The van der Waals surface area contributed by atoms with Crippen LogP contribution in [0.15, 0.2) is 39.6 Å². The molecular weight excluding hydrogens is 336 g/mol. The summed E-state index contributed by atoms with van der Waals surface area (Å²) in [6.07, 6.45) is 5.31. The summed E-state index contributed by atoms with van der Waals surface area (Å²) in [7, 11) is 0. The van der Waals surface area contributed by atoms with E-state index in [-0.39, 0.29) is 23.8 Å². The topological polar surface area (TPSA) is 53.8 Å². The Kier molecular flexibility index (Phi) is 4.61. The summed E-state index contributed by atoms with van der Waals surface area (Å²) >= 11 is 1.68. The lowest BCUT2D eigenvalue weighted by Crippen LogP contribution is -2.46. The van der Waals surface area contributed by atoms with Gasteiger partial charge in [-0.25, -0.2) is 0 Å². The molecule has 6 heteroatoms. The largest absolute Gasteiger partial charge is 0.459 e. The van der Waals surface area contributed by atoms with Crippen LogP contribution in [0.1, 0.15) is 47.8 Å². The average Bonchev–Trinajstić information content (AvgIpc) is 3.42. The van der Waals surface area contributed by atoms with E-state index in [0.717, 1.165) is 32.2 Å². The number of furan rings is 1. The standard InChI is InChI=1S/C19H22N2O3S/c22-18(21-9-2-5-16(21)15-7-11-25-13-15)14-4-1-8-20(12-14)19(23)17-6-3-10-24-17/h3,6-7,10-11,13-14,16H,1-2,4-5,8-9,12H2/t14-,16+/m1/s1. The van der Waals surface area contributed by atoms with Crippen molar-refractivity contribution in [2.45, 2.75) is 31.7 Å². The van der Waals surface area contributed by atoms with Crippen molar-refractivity contribution in [3.05, 3.63) is 46.5 Å². The van der Waals surface area contributed by atoms with Gasteiger partial charge in [-0.2, -0.15) is 11.3 Å². The second kappa shape index (κ2) is 7.04. The van der Waals surface area contributed by atoms with E-state index in [1.807, 2.05) is 4.90 Å². The molecule has 0 aromatic carbocycles. The fourth-order valence-corrected chi connectivity index (χ4v) is 4.70. The van der Waals surface area contributed by atoms with Gasteiger partial charge in [0.05, 0.1) is 18.2 Å². The minimum atomic E-state index is -0.113. The summed E-state index contributed by atoms with van der Waals surface area (Å²) in [5, 5.41) is 4.21. The Morgan fingerprint density at radius 2 is 2.04 bits per heavy atom. The number of hydrogen-bond donors (Lipinski definition) is 0. The number of thiophene rings is 1. The highest BCUT2D eigenvalue weighted by atomic mass is 32.1. The van der Waals surface area contributed by atoms with Gasteiger partial charge in [0.1, 0.15) is 0 Å². The number of carbonyl (C=O) groups is 2. The molecule has 2 fully saturated rings. The fraction of sp³-hybridized carbons (Fsp3) is 0.474. The molecule has 4 rings (SSSR count). The fourth-order valence-electron chi connectivity index (χ4n) is 4.00. The second-order valence-electron chi connectivity index (χ2n) is 6.81. The lowest BCUT2D eigenvalue weighted by molar-refractivity contribution is -0.138.